The lowest BCUT2D eigenvalue weighted by atomic mass is 10.2. The number of nitrogens with one attached hydrogen (secondary N) is 2. The third kappa shape index (κ3) is 3.29. The van der Waals surface area contributed by atoms with Gasteiger partial charge in [0.1, 0.15) is 5.76 Å². The van der Waals surface area contributed by atoms with E-state index in [9.17, 15) is 0 Å². The Morgan fingerprint density at radius 3 is 2.48 bits per heavy atom. The van der Waals surface area contributed by atoms with Crippen LogP contribution in [-0.4, -0.2) is 26.5 Å². The first-order valence-electron chi connectivity index (χ1n) is 7.44. The minimum atomic E-state index is 0.283. The summed E-state index contributed by atoms with van der Waals surface area (Å²) in [6.07, 6.45) is 3.10. The van der Waals surface area contributed by atoms with Gasteiger partial charge in [0.2, 0.25) is 11.3 Å². The largest absolute Gasteiger partial charge is 0.463 e. The van der Waals surface area contributed by atoms with Crippen molar-refractivity contribution >= 4 is 34.8 Å². The van der Waals surface area contributed by atoms with Crippen LogP contribution in [0.2, 0.25) is 0 Å². The highest BCUT2D eigenvalue weighted by atomic mass is 16.6. The van der Waals surface area contributed by atoms with Crippen molar-refractivity contribution in [3.63, 3.8) is 0 Å². The highest BCUT2D eigenvalue weighted by Crippen LogP contribution is 2.23. The van der Waals surface area contributed by atoms with Gasteiger partial charge < -0.3 is 9.73 Å². The first-order chi connectivity index (χ1) is 12.3. The van der Waals surface area contributed by atoms with E-state index < -0.39 is 0 Å². The van der Waals surface area contributed by atoms with Crippen molar-refractivity contribution in [2.24, 2.45) is 5.10 Å². The Hall–Kier alpha value is -3.75. The number of aryl methyl sites for hydroxylation is 1. The predicted molar refractivity (Wildman–Crippen MR) is 91.8 cm³/mol. The van der Waals surface area contributed by atoms with E-state index in [1.165, 1.54) is 6.21 Å². The Morgan fingerprint density at radius 1 is 1.00 bits per heavy atom. The lowest BCUT2D eigenvalue weighted by Crippen LogP contribution is -2.03. The van der Waals surface area contributed by atoms with Crippen LogP contribution in [-0.2, 0) is 0 Å². The quantitative estimate of drug-likeness (QED) is 0.422. The minimum absolute atomic E-state index is 0.283. The molecule has 0 saturated carbocycles. The molecule has 0 amide bonds. The molecule has 0 unspecified atom stereocenters. The Balaban J connectivity index is 1.64. The maximum Gasteiger partial charge on any atom is 0.245 e. The van der Waals surface area contributed by atoms with Crippen LogP contribution in [0.15, 0.2) is 56.8 Å². The van der Waals surface area contributed by atoms with E-state index >= 15 is 0 Å². The van der Waals surface area contributed by atoms with Crippen molar-refractivity contribution in [2.75, 3.05) is 10.7 Å². The summed E-state index contributed by atoms with van der Waals surface area (Å²) in [5.74, 6) is 1.44. The van der Waals surface area contributed by atoms with E-state index in [-0.39, 0.29) is 5.65 Å². The fourth-order valence-corrected chi connectivity index (χ4v) is 2.10. The van der Waals surface area contributed by atoms with Gasteiger partial charge in [0, 0.05) is 5.69 Å². The molecule has 9 nitrogen and oxygen atoms in total. The predicted octanol–water partition coefficient (Wildman–Crippen LogP) is 3.10. The fraction of sp³-hybridized carbons (Fsp3) is 0.0625. The average Bonchev–Trinajstić information content (AvgIpc) is 3.28. The second-order valence-corrected chi connectivity index (χ2v) is 5.21. The van der Waals surface area contributed by atoms with Gasteiger partial charge in [0.25, 0.3) is 0 Å². The molecule has 0 saturated heterocycles. The number of hydrazone groups is 1. The smallest absolute Gasteiger partial charge is 0.245 e. The summed E-state index contributed by atoms with van der Waals surface area (Å²) in [4.78, 5) is 8.69. The SMILES string of the molecule is Cc1ccc(Nc2nc3nonc3nc2NN=Cc2ccco2)cc1. The molecular weight excluding hydrogens is 322 g/mol. The van der Waals surface area contributed by atoms with Crippen LogP contribution in [0.5, 0.6) is 0 Å². The third-order valence-corrected chi connectivity index (χ3v) is 3.33. The number of hydrogen-bond acceptors (Lipinski definition) is 9. The number of hydrogen-bond donors (Lipinski definition) is 2. The topological polar surface area (TPSA) is 114 Å². The van der Waals surface area contributed by atoms with Crippen molar-refractivity contribution in [1.29, 1.82) is 0 Å². The Morgan fingerprint density at radius 2 is 1.76 bits per heavy atom. The van der Waals surface area contributed by atoms with Crippen LogP contribution in [0.3, 0.4) is 0 Å². The molecule has 25 heavy (non-hydrogen) atoms. The van der Waals surface area contributed by atoms with Crippen molar-refractivity contribution in [3.8, 4) is 0 Å². The van der Waals surface area contributed by atoms with Gasteiger partial charge in [-0.1, -0.05) is 17.7 Å². The molecular formula is C16H13N7O2. The third-order valence-electron chi connectivity index (χ3n) is 3.33. The Labute approximate surface area is 141 Å². The number of fused-ring (bicyclic) bond motifs is 1. The maximum atomic E-state index is 5.19. The molecule has 1 aromatic carbocycles. The maximum absolute atomic E-state index is 5.19. The molecule has 0 aliphatic carbocycles. The number of nitrogens with zero attached hydrogens (tertiary/aromatic N) is 5. The van der Waals surface area contributed by atoms with Crippen LogP contribution in [0, 0.1) is 6.92 Å². The number of furan rings is 1. The zero-order chi connectivity index (χ0) is 17.1. The summed E-state index contributed by atoms with van der Waals surface area (Å²) in [6, 6.07) is 11.4. The van der Waals surface area contributed by atoms with Gasteiger partial charge in [-0.05, 0) is 41.5 Å². The van der Waals surface area contributed by atoms with Gasteiger partial charge >= 0.3 is 0 Å². The fourth-order valence-electron chi connectivity index (χ4n) is 2.10. The van der Waals surface area contributed by atoms with Crippen LogP contribution in [0.4, 0.5) is 17.3 Å². The Kier molecular flexibility index (Phi) is 3.79. The molecule has 0 atom stereocenters. The van der Waals surface area contributed by atoms with Gasteiger partial charge in [0.15, 0.2) is 11.6 Å². The number of aromatic nitrogens is 4. The molecule has 3 heterocycles. The number of anilines is 3. The summed E-state index contributed by atoms with van der Waals surface area (Å²) in [7, 11) is 0. The van der Waals surface area contributed by atoms with Crippen molar-refractivity contribution in [1.82, 2.24) is 20.3 Å². The van der Waals surface area contributed by atoms with Crippen molar-refractivity contribution in [3.05, 3.63) is 54.0 Å². The minimum Gasteiger partial charge on any atom is -0.463 e. The van der Waals surface area contributed by atoms with Crippen molar-refractivity contribution in [2.45, 2.75) is 6.92 Å². The zero-order valence-corrected chi connectivity index (χ0v) is 13.2. The monoisotopic (exact) mass is 335 g/mol. The summed E-state index contributed by atoms with van der Waals surface area (Å²) in [6.45, 7) is 2.02. The highest BCUT2D eigenvalue weighted by Gasteiger charge is 2.12. The van der Waals surface area contributed by atoms with E-state index in [2.05, 4.69) is 40.8 Å². The molecule has 0 fully saturated rings. The molecule has 0 spiro atoms. The van der Waals surface area contributed by atoms with E-state index in [1.54, 1.807) is 18.4 Å². The summed E-state index contributed by atoms with van der Waals surface area (Å²) in [5, 5.41) is 14.7. The molecule has 0 radical (unpaired) electrons. The van der Waals surface area contributed by atoms with Gasteiger partial charge in [-0.25, -0.2) is 9.61 Å². The molecule has 124 valence electrons. The summed E-state index contributed by atoms with van der Waals surface area (Å²) >= 11 is 0. The standard InChI is InChI=1S/C16H13N7O2/c1-10-4-6-11(7-5-10)18-13-14(20-16-15(19-13)22-25-23-16)21-17-9-12-3-2-8-24-12/h2-9H,1H3,(H,18,19,22)(H,20,21,23). The second kappa shape index (κ2) is 6.40. The normalized spacial score (nSPS) is 11.2. The molecule has 0 aliphatic heterocycles. The van der Waals surface area contributed by atoms with Gasteiger partial charge in [0.05, 0.1) is 12.5 Å². The van der Waals surface area contributed by atoms with Crippen molar-refractivity contribution < 1.29 is 9.05 Å². The van der Waals surface area contributed by atoms with E-state index in [1.807, 2.05) is 31.2 Å². The Bertz CT molecular complexity index is 1010. The summed E-state index contributed by atoms with van der Waals surface area (Å²) in [5.41, 5.74) is 5.43. The van der Waals surface area contributed by atoms with Crippen LogP contribution in [0.1, 0.15) is 11.3 Å². The molecule has 3 aromatic heterocycles. The highest BCUT2D eigenvalue weighted by molar-refractivity contribution is 5.79. The molecule has 0 aliphatic rings. The van der Waals surface area contributed by atoms with Gasteiger partial charge in [-0.3, -0.25) is 5.43 Å². The van der Waals surface area contributed by atoms with Crippen LogP contribution in [0.25, 0.3) is 11.3 Å². The second-order valence-electron chi connectivity index (χ2n) is 5.21. The van der Waals surface area contributed by atoms with Gasteiger partial charge in [-0.2, -0.15) is 10.1 Å². The first-order valence-corrected chi connectivity index (χ1v) is 7.44. The molecule has 4 rings (SSSR count). The van der Waals surface area contributed by atoms with Crippen LogP contribution >= 0.6 is 0 Å². The number of rotatable bonds is 5. The lowest BCUT2D eigenvalue weighted by molar-refractivity contribution is 0.314. The van der Waals surface area contributed by atoms with E-state index in [4.69, 9.17) is 4.42 Å². The summed E-state index contributed by atoms with van der Waals surface area (Å²) < 4.78 is 9.86. The first kappa shape index (κ1) is 14.8. The van der Waals surface area contributed by atoms with Gasteiger partial charge in [-0.15, -0.1) is 0 Å². The molecule has 2 N–H and O–H groups in total. The zero-order valence-electron chi connectivity index (χ0n) is 13.2. The molecule has 9 heteroatoms. The molecule has 0 bridgehead atoms. The van der Waals surface area contributed by atoms with E-state index in [0.29, 0.717) is 23.0 Å². The number of benzene rings is 1. The average molecular weight is 335 g/mol. The lowest BCUT2D eigenvalue weighted by Gasteiger charge is -2.09. The van der Waals surface area contributed by atoms with E-state index in [0.717, 1.165) is 11.3 Å². The van der Waals surface area contributed by atoms with Crippen LogP contribution < -0.4 is 10.7 Å². The molecule has 4 aromatic rings.